The number of methoxy groups -OCH3 is 2. The van der Waals surface area contributed by atoms with E-state index >= 15 is 0 Å². The molecule has 30 heavy (non-hydrogen) atoms. The molecule has 0 fully saturated rings. The van der Waals surface area contributed by atoms with Gasteiger partial charge >= 0.3 is 5.97 Å². The summed E-state index contributed by atoms with van der Waals surface area (Å²) in [5, 5.41) is 2.70. The molecule has 2 rings (SSSR count). The Labute approximate surface area is 189 Å². The minimum absolute atomic E-state index is 0.160. The molecule has 0 spiro atoms. The summed E-state index contributed by atoms with van der Waals surface area (Å²) in [6.45, 7) is 1.56. The topological polar surface area (TPSA) is 84.9 Å². The maximum absolute atomic E-state index is 12.6. The largest absolute Gasteiger partial charge is 0.496 e. The van der Waals surface area contributed by atoms with Crippen molar-refractivity contribution >= 4 is 40.4 Å². The van der Waals surface area contributed by atoms with E-state index in [0.29, 0.717) is 12.3 Å². The first-order chi connectivity index (χ1) is 14.3. The lowest BCUT2D eigenvalue weighted by molar-refractivity contribution is -0.145. The molecular formula is C22H25IN2O5. The number of hydrogen-bond acceptors (Lipinski definition) is 5. The minimum Gasteiger partial charge on any atom is -0.496 e. The summed E-state index contributed by atoms with van der Waals surface area (Å²) < 4.78 is 11.0. The van der Waals surface area contributed by atoms with Crippen molar-refractivity contribution in [2.45, 2.75) is 25.9 Å². The number of hydrogen-bond donors (Lipinski definition) is 1. The van der Waals surface area contributed by atoms with Gasteiger partial charge in [-0.3, -0.25) is 9.59 Å². The average Bonchev–Trinajstić information content (AvgIpc) is 2.74. The van der Waals surface area contributed by atoms with Gasteiger partial charge in [0.1, 0.15) is 11.8 Å². The number of benzene rings is 2. The summed E-state index contributed by atoms with van der Waals surface area (Å²) in [5.41, 5.74) is 1.76. The first-order valence-electron chi connectivity index (χ1n) is 9.33. The van der Waals surface area contributed by atoms with Crippen LogP contribution in [0.5, 0.6) is 5.75 Å². The van der Waals surface area contributed by atoms with Gasteiger partial charge in [-0.1, -0.05) is 42.5 Å². The van der Waals surface area contributed by atoms with E-state index in [4.69, 9.17) is 9.47 Å². The summed E-state index contributed by atoms with van der Waals surface area (Å²) in [7, 11) is 2.85. The molecule has 0 aliphatic heterocycles. The van der Waals surface area contributed by atoms with Gasteiger partial charge in [-0.25, -0.2) is 4.79 Å². The molecule has 160 valence electrons. The highest BCUT2D eigenvalue weighted by Gasteiger charge is 2.25. The Morgan fingerprint density at radius 3 is 2.37 bits per heavy atom. The Morgan fingerprint density at radius 1 is 1.07 bits per heavy atom. The van der Waals surface area contributed by atoms with Crippen LogP contribution in [-0.2, 0) is 32.1 Å². The van der Waals surface area contributed by atoms with Crippen LogP contribution in [0, 0.1) is 3.57 Å². The first kappa shape index (κ1) is 23.7. The van der Waals surface area contributed by atoms with Crippen LogP contribution < -0.4 is 10.1 Å². The van der Waals surface area contributed by atoms with Crippen molar-refractivity contribution in [3.05, 3.63) is 63.2 Å². The monoisotopic (exact) mass is 524 g/mol. The molecule has 2 aromatic carbocycles. The molecular weight excluding hydrogens is 499 g/mol. The van der Waals surface area contributed by atoms with Gasteiger partial charge in [-0.2, -0.15) is 0 Å². The summed E-state index contributed by atoms with van der Waals surface area (Å²) in [5.74, 6) is -0.534. The molecule has 2 aromatic rings. The molecule has 0 heterocycles. The molecule has 7 nitrogen and oxygen atoms in total. The molecule has 0 aliphatic carbocycles. The van der Waals surface area contributed by atoms with Crippen LogP contribution >= 0.6 is 22.6 Å². The lowest BCUT2D eigenvalue weighted by atomic mass is 10.1. The highest BCUT2D eigenvalue weighted by molar-refractivity contribution is 14.1. The van der Waals surface area contributed by atoms with Gasteiger partial charge < -0.3 is 19.7 Å². The molecule has 1 unspecified atom stereocenters. The van der Waals surface area contributed by atoms with E-state index in [2.05, 4.69) is 27.9 Å². The van der Waals surface area contributed by atoms with Crippen LogP contribution in [0.25, 0.3) is 0 Å². The summed E-state index contributed by atoms with van der Waals surface area (Å²) in [6.07, 6.45) is 0.243. The Kier molecular flexibility index (Phi) is 9.10. The van der Waals surface area contributed by atoms with Crippen LogP contribution in [0.15, 0.2) is 48.5 Å². The van der Waals surface area contributed by atoms with Gasteiger partial charge in [-0.15, -0.1) is 0 Å². The fraction of sp³-hybridized carbons (Fsp3) is 0.318. The summed E-state index contributed by atoms with van der Waals surface area (Å²) in [4.78, 5) is 38.3. The highest BCUT2D eigenvalue weighted by atomic mass is 127. The molecule has 0 saturated carbocycles. The molecule has 0 saturated heterocycles. The van der Waals surface area contributed by atoms with Crippen molar-refractivity contribution in [1.82, 2.24) is 10.2 Å². The summed E-state index contributed by atoms with van der Waals surface area (Å²) >= 11 is 2.14. The van der Waals surface area contributed by atoms with Crippen LogP contribution in [0.4, 0.5) is 0 Å². The molecule has 0 bridgehead atoms. The van der Waals surface area contributed by atoms with Gasteiger partial charge in [0.25, 0.3) is 0 Å². The highest BCUT2D eigenvalue weighted by Crippen LogP contribution is 2.25. The molecule has 2 amide bonds. The fourth-order valence-electron chi connectivity index (χ4n) is 2.92. The third-order valence-electron chi connectivity index (χ3n) is 4.50. The second kappa shape index (κ2) is 11.5. The number of nitrogens with one attached hydrogen (secondary N) is 1. The first-order valence-corrected chi connectivity index (χ1v) is 10.4. The zero-order chi connectivity index (χ0) is 22.1. The molecule has 1 atom stereocenters. The second-order valence-electron chi connectivity index (χ2n) is 6.64. The number of nitrogens with zero attached hydrogens (tertiary/aromatic N) is 1. The van der Waals surface area contributed by atoms with E-state index in [1.165, 1.54) is 18.9 Å². The Morgan fingerprint density at radius 2 is 1.77 bits per heavy atom. The summed E-state index contributed by atoms with van der Waals surface area (Å²) in [6, 6.07) is 14.0. The van der Waals surface area contributed by atoms with E-state index in [1.807, 2.05) is 48.5 Å². The smallest absolute Gasteiger partial charge is 0.328 e. The predicted molar refractivity (Wildman–Crippen MR) is 121 cm³/mol. The molecule has 0 aliphatic rings. The molecule has 0 aromatic heterocycles. The van der Waals surface area contributed by atoms with Crippen molar-refractivity contribution in [3.63, 3.8) is 0 Å². The number of carbonyl (C=O) groups is 3. The standard InChI is InChI=1S/C22H25IN2O5/c1-15(26)25(13-16-8-5-4-6-9-16)14-20(27)24-18(22(28)30-3)12-17-10-7-11-19(29-2)21(17)23/h4-11,18H,12-14H2,1-3H3,(H,24,27). The number of rotatable bonds is 9. The van der Waals surface area contributed by atoms with Crippen LogP contribution in [-0.4, -0.2) is 49.5 Å². The third kappa shape index (κ3) is 6.72. The molecule has 0 radical (unpaired) electrons. The SMILES string of the molecule is COC(=O)C(Cc1cccc(OC)c1I)NC(=O)CN(Cc1ccccc1)C(C)=O. The van der Waals surface area contributed by atoms with Crippen LogP contribution in [0.3, 0.4) is 0 Å². The minimum atomic E-state index is -0.881. The van der Waals surface area contributed by atoms with Crippen molar-refractivity contribution in [3.8, 4) is 5.75 Å². The lowest BCUT2D eigenvalue weighted by Crippen LogP contribution is -2.47. The zero-order valence-corrected chi connectivity index (χ0v) is 19.3. The predicted octanol–water partition coefficient (Wildman–Crippen LogP) is 2.55. The second-order valence-corrected chi connectivity index (χ2v) is 7.72. The van der Waals surface area contributed by atoms with E-state index in [-0.39, 0.29) is 18.9 Å². The number of esters is 1. The normalized spacial score (nSPS) is 11.3. The van der Waals surface area contributed by atoms with Crippen LogP contribution in [0.1, 0.15) is 18.1 Å². The van der Waals surface area contributed by atoms with E-state index in [0.717, 1.165) is 14.7 Å². The lowest BCUT2D eigenvalue weighted by Gasteiger charge is -2.23. The number of halogens is 1. The maximum atomic E-state index is 12.6. The van der Waals surface area contributed by atoms with E-state index in [1.54, 1.807) is 7.11 Å². The van der Waals surface area contributed by atoms with Gasteiger partial charge in [0.2, 0.25) is 11.8 Å². The number of carbonyl (C=O) groups excluding carboxylic acids is 3. The quantitative estimate of drug-likeness (QED) is 0.403. The zero-order valence-electron chi connectivity index (χ0n) is 17.2. The average molecular weight is 524 g/mol. The van der Waals surface area contributed by atoms with Crippen LogP contribution in [0.2, 0.25) is 0 Å². The number of ether oxygens (including phenoxy) is 2. The fourth-order valence-corrected chi connectivity index (χ4v) is 3.72. The van der Waals surface area contributed by atoms with Crippen molar-refractivity contribution in [2.24, 2.45) is 0 Å². The van der Waals surface area contributed by atoms with Gasteiger partial charge in [0.15, 0.2) is 0 Å². The van der Waals surface area contributed by atoms with Gasteiger partial charge in [0.05, 0.1) is 24.3 Å². The van der Waals surface area contributed by atoms with Crippen molar-refractivity contribution in [2.75, 3.05) is 20.8 Å². The van der Waals surface area contributed by atoms with E-state index < -0.39 is 17.9 Å². The van der Waals surface area contributed by atoms with Gasteiger partial charge in [0, 0.05) is 19.9 Å². The van der Waals surface area contributed by atoms with Gasteiger partial charge in [-0.05, 0) is 39.8 Å². The molecule has 8 heteroatoms. The molecule has 1 N–H and O–H groups in total. The Bertz CT molecular complexity index is 888. The maximum Gasteiger partial charge on any atom is 0.328 e. The Balaban J connectivity index is 2.10. The van der Waals surface area contributed by atoms with E-state index in [9.17, 15) is 14.4 Å². The third-order valence-corrected chi connectivity index (χ3v) is 5.73. The number of amides is 2. The van der Waals surface area contributed by atoms with Crippen molar-refractivity contribution < 1.29 is 23.9 Å². The van der Waals surface area contributed by atoms with Crippen molar-refractivity contribution in [1.29, 1.82) is 0 Å². The Hall–Kier alpha value is -2.62.